The Labute approximate surface area is 118 Å². The van der Waals surface area contributed by atoms with Crippen molar-refractivity contribution in [2.24, 2.45) is 0 Å². The molecule has 106 valence electrons. The quantitative estimate of drug-likeness (QED) is 0.823. The number of carbonyl (C=O) groups excluding carboxylic acids is 1. The molecule has 0 spiro atoms. The summed E-state index contributed by atoms with van der Waals surface area (Å²) in [4.78, 5) is 13.4. The molecule has 0 saturated heterocycles. The van der Waals surface area contributed by atoms with Crippen molar-refractivity contribution in [1.29, 1.82) is 0 Å². The Morgan fingerprint density at radius 3 is 2.80 bits per heavy atom. The van der Waals surface area contributed by atoms with E-state index in [2.05, 4.69) is 20.8 Å². The van der Waals surface area contributed by atoms with Crippen LogP contribution in [0.2, 0.25) is 0 Å². The highest BCUT2D eigenvalue weighted by Gasteiger charge is 2.12. The monoisotopic (exact) mass is 273 g/mol. The van der Waals surface area contributed by atoms with Gasteiger partial charge in [0, 0.05) is 12.6 Å². The second kappa shape index (κ2) is 6.81. The highest BCUT2D eigenvalue weighted by molar-refractivity contribution is 5.91. The van der Waals surface area contributed by atoms with E-state index in [-0.39, 0.29) is 11.9 Å². The van der Waals surface area contributed by atoms with E-state index in [1.165, 1.54) is 11.0 Å². The van der Waals surface area contributed by atoms with Crippen LogP contribution in [0.25, 0.3) is 5.69 Å². The van der Waals surface area contributed by atoms with Crippen molar-refractivity contribution in [2.45, 2.75) is 19.9 Å². The van der Waals surface area contributed by atoms with Crippen LogP contribution in [0, 0.1) is 0 Å². The second-order valence-corrected chi connectivity index (χ2v) is 4.52. The van der Waals surface area contributed by atoms with Crippen molar-refractivity contribution < 1.29 is 4.79 Å². The van der Waals surface area contributed by atoms with Crippen LogP contribution < -0.4 is 10.6 Å². The summed E-state index contributed by atoms with van der Waals surface area (Å²) >= 11 is 0. The zero-order valence-electron chi connectivity index (χ0n) is 11.7. The molecule has 20 heavy (non-hydrogen) atoms. The van der Waals surface area contributed by atoms with Crippen LogP contribution >= 0.6 is 0 Å². The molecule has 1 atom stereocenters. The third-order valence-corrected chi connectivity index (χ3v) is 2.83. The maximum atomic E-state index is 11.9. The summed E-state index contributed by atoms with van der Waals surface area (Å²) < 4.78 is 0. The lowest BCUT2D eigenvalue weighted by atomic mass is 10.3. The van der Waals surface area contributed by atoms with Crippen LogP contribution in [0.4, 0.5) is 0 Å². The van der Waals surface area contributed by atoms with Gasteiger partial charge in [0.25, 0.3) is 5.91 Å². The number of rotatable bonds is 6. The van der Waals surface area contributed by atoms with Gasteiger partial charge < -0.3 is 10.6 Å². The van der Waals surface area contributed by atoms with E-state index in [1.807, 2.05) is 44.2 Å². The van der Waals surface area contributed by atoms with E-state index < -0.39 is 0 Å². The van der Waals surface area contributed by atoms with Gasteiger partial charge in [-0.25, -0.2) is 0 Å². The maximum absolute atomic E-state index is 11.9. The Kier molecular flexibility index (Phi) is 4.84. The number of benzene rings is 1. The van der Waals surface area contributed by atoms with Crippen LogP contribution in [-0.2, 0) is 0 Å². The second-order valence-electron chi connectivity index (χ2n) is 4.52. The van der Waals surface area contributed by atoms with Crippen LogP contribution in [0.1, 0.15) is 24.3 Å². The molecular weight excluding hydrogens is 254 g/mol. The van der Waals surface area contributed by atoms with Gasteiger partial charge in [-0.05, 0) is 25.6 Å². The van der Waals surface area contributed by atoms with Crippen molar-refractivity contribution in [2.75, 3.05) is 13.1 Å². The average Bonchev–Trinajstić information content (AvgIpc) is 2.96. The zero-order valence-corrected chi connectivity index (χ0v) is 11.7. The first kappa shape index (κ1) is 14.2. The van der Waals surface area contributed by atoms with Crippen molar-refractivity contribution in [3.05, 3.63) is 42.2 Å². The predicted octanol–water partition coefficient (Wildman–Crippen LogP) is 0.995. The van der Waals surface area contributed by atoms with Gasteiger partial charge in [0.2, 0.25) is 0 Å². The fraction of sp³-hybridized carbons (Fsp3) is 0.357. The van der Waals surface area contributed by atoms with Gasteiger partial charge in [0.15, 0.2) is 5.69 Å². The number of likely N-dealkylation sites (N-methyl/N-ethyl adjacent to an activating group) is 1. The van der Waals surface area contributed by atoms with E-state index >= 15 is 0 Å². The molecule has 2 aromatic rings. The Bertz CT molecular complexity index is 552. The minimum Gasteiger partial charge on any atom is -0.349 e. The number of para-hydroxylation sites is 1. The van der Waals surface area contributed by atoms with Gasteiger partial charge in [-0.1, -0.05) is 25.1 Å². The van der Waals surface area contributed by atoms with Gasteiger partial charge >= 0.3 is 0 Å². The minimum atomic E-state index is -0.211. The topological polar surface area (TPSA) is 71.8 Å². The van der Waals surface area contributed by atoms with Gasteiger partial charge in [-0.2, -0.15) is 9.90 Å². The Morgan fingerprint density at radius 2 is 2.10 bits per heavy atom. The van der Waals surface area contributed by atoms with Crippen molar-refractivity contribution in [3.63, 3.8) is 0 Å². The third kappa shape index (κ3) is 3.64. The number of carbonyl (C=O) groups is 1. The molecule has 2 N–H and O–H groups in total. The van der Waals surface area contributed by atoms with Gasteiger partial charge in [0.05, 0.1) is 11.9 Å². The molecule has 2 rings (SSSR count). The molecule has 1 aromatic heterocycles. The summed E-state index contributed by atoms with van der Waals surface area (Å²) in [5, 5.41) is 14.3. The molecule has 0 saturated carbocycles. The molecule has 0 aliphatic heterocycles. The molecule has 0 fully saturated rings. The number of hydrogen-bond acceptors (Lipinski definition) is 4. The van der Waals surface area contributed by atoms with Gasteiger partial charge in [-0.15, -0.1) is 5.10 Å². The summed E-state index contributed by atoms with van der Waals surface area (Å²) in [6, 6.07) is 9.72. The van der Waals surface area contributed by atoms with Crippen molar-refractivity contribution >= 4 is 5.91 Å². The molecule has 0 aliphatic rings. The van der Waals surface area contributed by atoms with Gasteiger partial charge in [-0.3, -0.25) is 4.79 Å². The normalized spacial score (nSPS) is 12.1. The highest BCUT2D eigenvalue weighted by atomic mass is 16.2. The molecule has 6 heteroatoms. The molecule has 0 radical (unpaired) electrons. The summed E-state index contributed by atoms with van der Waals surface area (Å²) in [6.45, 7) is 5.49. The Hall–Kier alpha value is -2.21. The molecular formula is C14H19N5O. The number of nitrogens with one attached hydrogen (secondary N) is 2. The van der Waals surface area contributed by atoms with E-state index in [0.29, 0.717) is 12.2 Å². The molecule has 1 amide bonds. The molecule has 1 aromatic carbocycles. The first-order valence-electron chi connectivity index (χ1n) is 6.70. The molecule has 0 bridgehead atoms. The third-order valence-electron chi connectivity index (χ3n) is 2.83. The average molecular weight is 273 g/mol. The first-order valence-corrected chi connectivity index (χ1v) is 6.70. The van der Waals surface area contributed by atoms with E-state index in [9.17, 15) is 4.79 Å². The smallest absolute Gasteiger partial charge is 0.273 e. The fourth-order valence-corrected chi connectivity index (χ4v) is 1.81. The maximum Gasteiger partial charge on any atom is 0.273 e. The van der Waals surface area contributed by atoms with Crippen LogP contribution in [-0.4, -0.2) is 40.0 Å². The lowest BCUT2D eigenvalue weighted by molar-refractivity contribution is 0.0945. The Morgan fingerprint density at radius 1 is 1.35 bits per heavy atom. The van der Waals surface area contributed by atoms with Crippen molar-refractivity contribution in [1.82, 2.24) is 25.6 Å². The first-order chi connectivity index (χ1) is 9.70. The number of amides is 1. The fourth-order valence-electron chi connectivity index (χ4n) is 1.81. The molecule has 0 aliphatic carbocycles. The van der Waals surface area contributed by atoms with E-state index in [1.54, 1.807) is 0 Å². The highest BCUT2D eigenvalue weighted by Crippen LogP contribution is 2.04. The molecule has 0 unspecified atom stereocenters. The number of hydrogen-bond donors (Lipinski definition) is 2. The Balaban J connectivity index is 1.97. The number of aromatic nitrogens is 3. The summed E-state index contributed by atoms with van der Waals surface area (Å²) in [6.07, 6.45) is 1.47. The molecule has 6 nitrogen and oxygen atoms in total. The number of nitrogens with zero attached hydrogens (tertiary/aromatic N) is 3. The van der Waals surface area contributed by atoms with E-state index in [4.69, 9.17) is 0 Å². The molecule has 1 heterocycles. The summed E-state index contributed by atoms with van der Waals surface area (Å²) in [7, 11) is 0. The van der Waals surface area contributed by atoms with Crippen LogP contribution in [0.5, 0.6) is 0 Å². The lowest BCUT2D eigenvalue weighted by Crippen LogP contribution is -2.38. The largest absolute Gasteiger partial charge is 0.349 e. The predicted molar refractivity (Wildman–Crippen MR) is 76.8 cm³/mol. The van der Waals surface area contributed by atoms with Crippen LogP contribution in [0.3, 0.4) is 0 Å². The van der Waals surface area contributed by atoms with E-state index in [0.717, 1.165) is 12.2 Å². The summed E-state index contributed by atoms with van der Waals surface area (Å²) in [5.74, 6) is -0.211. The minimum absolute atomic E-state index is 0.211. The summed E-state index contributed by atoms with van der Waals surface area (Å²) in [5.41, 5.74) is 1.14. The standard InChI is InChI=1S/C14H19N5O/c1-3-15-11(2)9-16-14(20)13-10-17-19(18-13)12-7-5-4-6-8-12/h4-8,10-11,15H,3,9H2,1-2H3,(H,16,20)/t11-/m1/s1. The SMILES string of the molecule is CCN[C@H](C)CNC(=O)c1cnn(-c2ccccc2)n1. The zero-order chi connectivity index (χ0) is 14.4. The van der Waals surface area contributed by atoms with Gasteiger partial charge in [0.1, 0.15) is 0 Å². The van der Waals surface area contributed by atoms with Crippen molar-refractivity contribution in [3.8, 4) is 5.69 Å². The lowest BCUT2D eigenvalue weighted by Gasteiger charge is -2.12. The van der Waals surface area contributed by atoms with Crippen LogP contribution in [0.15, 0.2) is 36.5 Å².